The maximum Gasteiger partial charge on any atom is 0.336 e. The Morgan fingerprint density at radius 1 is 0.879 bits per heavy atom. The Bertz CT molecular complexity index is 1210. The molecule has 33 heavy (non-hydrogen) atoms. The molecule has 0 bridgehead atoms. The van der Waals surface area contributed by atoms with Crippen LogP contribution in [0, 0.1) is 13.8 Å². The Kier molecular flexibility index (Phi) is 6.27. The van der Waals surface area contributed by atoms with Gasteiger partial charge in [0.25, 0.3) is 0 Å². The van der Waals surface area contributed by atoms with Gasteiger partial charge in [0, 0.05) is 24.5 Å². The third-order valence-electron chi connectivity index (χ3n) is 5.12. The molecule has 1 N–H and O–H groups in total. The Labute approximate surface area is 197 Å². The van der Waals surface area contributed by atoms with Gasteiger partial charge in [-0.1, -0.05) is 12.8 Å². The number of rotatable bonds is 6. The van der Waals surface area contributed by atoms with Crippen LogP contribution in [-0.4, -0.2) is 39.4 Å². The van der Waals surface area contributed by atoms with Gasteiger partial charge in [0.15, 0.2) is 0 Å². The molecule has 2 aromatic carbocycles. The molecule has 4 aromatic rings. The van der Waals surface area contributed by atoms with E-state index in [1.54, 1.807) is 39.0 Å². The molecule has 10 heteroatoms. The predicted molar refractivity (Wildman–Crippen MR) is 129 cm³/mol. The van der Waals surface area contributed by atoms with Crippen molar-refractivity contribution in [2.75, 3.05) is 19.1 Å². The first-order chi connectivity index (χ1) is 15.9. The summed E-state index contributed by atoms with van der Waals surface area (Å²) in [7, 11) is 3.17. The number of nitrogens with one attached hydrogen (secondary N) is 1. The van der Waals surface area contributed by atoms with Crippen LogP contribution in [0.2, 0.25) is 0 Å². The summed E-state index contributed by atoms with van der Waals surface area (Å²) in [6.07, 6.45) is 7.23. The Hall–Kier alpha value is -3.92. The lowest BCUT2D eigenvalue weighted by molar-refractivity contribution is 0.254. The van der Waals surface area contributed by atoms with Gasteiger partial charge in [0.05, 0.1) is 61.0 Å². The van der Waals surface area contributed by atoms with Crippen LogP contribution in [-0.2, 0) is 0 Å². The second-order valence-corrected chi connectivity index (χ2v) is 7.53. The number of imidazole rings is 2. The second-order valence-electron chi connectivity index (χ2n) is 7.31. The number of aromatic nitrogens is 4. The molecule has 0 radical (unpaired) electrons. The number of carbonyl (C=O) groups is 1. The second kappa shape index (κ2) is 9.29. The highest BCUT2D eigenvalue weighted by atomic mass is 32.1. The summed E-state index contributed by atoms with van der Waals surface area (Å²) in [6, 6.07) is 10.5. The van der Waals surface area contributed by atoms with Gasteiger partial charge in [-0.15, -0.1) is 0 Å². The van der Waals surface area contributed by atoms with E-state index in [1.807, 2.05) is 59.6 Å². The van der Waals surface area contributed by atoms with Crippen LogP contribution in [0.5, 0.6) is 11.5 Å². The average molecular weight is 465 g/mol. The highest BCUT2D eigenvalue weighted by Crippen LogP contribution is 2.36. The maximum atomic E-state index is 12.9. The topological polar surface area (TPSA) is 86.4 Å². The number of anilines is 2. The zero-order chi connectivity index (χ0) is 23.5. The van der Waals surface area contributed by atoms with Crippen molar-refractivity contribution in [2.45, 2.75) is 13.8 Å². The number of benzene rings is 2. The molecule has 0 aliphatic rings. The van der Waals surface area contributed by atoms with Crippen molar-refractivity contribution < 1.29 is 14.3 Å². The Balaban J connectivity index is 1.78. The third-order valence-corrected chi connectivity index (χ3v) is 5.31. The summed E-state index contributed by atoms with van der Waals surface area (Å²) in [6.45, 7) is 3.83. The van der Waals surface area contributed by atoms with Gasteiger partial charge in [-0.2, -0.15) is 0 Å². The molecule has 0 fully saturated rings. The first-order valence-electron chi connectivity index (χ1n) is 10.1. The number of thiol groups is 1. The first kappa shape index (κ1) is 22.3. The van der Waals surface area contributed by atoms with Gasteiger partial charge in [0.2, 0.25) is 0 Å². The van der Waals surface area contributed by atoms with Crippen molar-refractivity contribution in [2.24, 2.45) is 0 Å². The number of amides is 2. The van der Waals surface area contributed by atoms with E-state index in [-0.39, 0.29) is 0 Å². The molecular weight excluding hydrogens is 440 g/mol. The van der Waals surface area contributed by atoms with Crippen LogP contribution in [0.3, 0.4) is 0 Å². The van der Waals surface area contributed by atoms with Gasteiger partial charge in [-0.05, 0) is 38.1 Å². The van der Waals surface area contributed by atoms with E-state index in [0.717, 1.165) is 22.8 Å². The zero-order valence-corrected chi connectivity index (χ0v) is 19.6. The van der Waals surface area contributed by atoms with Gasteiger partial charge >= 0.3 is 6.03 Å². The number of carbonyl (C=O) groups excluding carboxylic acids is 1. The van der Waals surface area contributed by atoms with Gasteiger partial charge in [0.1, 0.15) is 11.5 Å². The lowest BCUT2D eigenvalue weighted by Gasteiger charge is -2.24. The first-order valence-corrected chi connectivity index (χ1v) is 10.5. The molecule has 9 nitrogen and oxygen atoms in total. The van der Waals surface area contributed by atoms with Crippen LogP contribution >= 0.6 is 12.8 Å². The minimum Gasteiger partial charge on any atom is -0.494 e. The molecule has 0 saturated heterocycles. The predicted octanol–water partition coefficient (Wildman–Crippen LogP) is 4.38. The average Bonchev–Trinajstić information content (AvgIpc) is 3.46. The fourth-order valence-corrected chi connectivity index (χ4v) is 3.68. The molecular formula is C23H24N6O3S. The summed E-state index contributed by atoms with van der Waals surface area (Å²) >= 11 is 3.99. The monoisotopic (exact) mass is 464 g/mol. The van der Waals surface area contributed by atoms with Crippen molar-refractivity contribution in [1.82, 2.24) is 23.8 Å². The number of hydrogen-bond donors (Lipinski definition) is 2. The largest absolute Gasteiger partial charge is 0.494 e. The van der Waals surface area contributed by atoms with E-state index in [1.165, 1.54) is 4.90 Å². The van der Waals surface area contributed by atoms with E-state index in [0.29, 0.717) is 22.9 Å². The number of hydrogen-bond acceptors (Lipinski definition) is 6. The van der Waals surface area contributed by atoms with E-state index < -0.39 is 6.03 Å². The number of aryl methyl sites for hydroxylation is 2. The molecule has 0 unspecified atom stereocenters. The molecule has 2 aromatic heterocycles. The molecule has 0 spiro atoms. The normalized spacial score (nSPS) is 10.7. The number of nitrogens with zero attached hydrogens (tertiary/aromatic N) is 5. The van der Waals surface area contributed by atoms with E-state index >= 15 is 0 Å². The van der Waals surface area contributed by atoms with Crippen molar-refractivity contribution in [3.05, 3.63) is 72.8 Å². The highest BCUT2D eigenvalue weighted by molar-refractivity contribution is 7.78. The molecule has 0 atom stereocenters. The summed E-state index contributed by atoms with van der Waals surface area (Å²) in [5.41, 5.74) is 4.56. The van der Waals surface area contributed by atoms with Crippen LogP contribution in [0.1, 0.15) is 11.4 Å². The van der Waals surface area contributed by atoms with E-state index in [2.05, 4.69) is 27.5 Å². The van der Waals surface area contributed by atoms with Crippen LogP contribution in [0.4, 0.5) is 16.2 Å². The van der Waals surface area contributed by atoms with Crippen molar-refractivity contribution in [3.63, 3.8) is 0 Å². The SMILES string of the molecule is COc1cc(N(C(=O)NS)c2ccc(-n3cnc(C)c3)c(OC)c2)ccc1-n1cnc(C)c1. The van der Waals surface area contributed by atoms with Crippen molar-refractivity contribution in [3.8, 4) is 22.9 Å². The third kappa shape index (κ3) is 4.37. The Morgan fingerprint density at radius 3 is 1.67 bits per heavy atom. The van der Waals surface area contributed by atoms with Gasteiger partial charge in [-0.25, -0.2) is 14.8 Å². The van der Waals surface area contributed by atoms with Crippen LogP contribution < -0.4 is 19.1 Å². The van der Waals surface area contributed by atoms with E-state index in [9.17, 15) is 4.79 Å². The smallest absolute Gasteiger partial charge is 0.336 e. The van der Waals surface area contributed by atoms with Crippen LogP contribution in [0.15, 0.2) is 61.4 Å². The zero-order valence-electron chi connectivity index (χ0n) is 18.7. The van der Waals surface area contributed by atoms with Crippen molar-refractivity contribution in [1.29, 1.82) is 0 Å². The molecule has 0 aliphatic heterocycles. The molecule has 2 heterocycles. The molecule has 2 amide bonds. The molecule has 0 aliphatic carbocycles. The standard InChI is InChI=1S/C23H24N6O3S/c1-15-11-27(13-24-15)19-7-5-17(9-21(19)31-3)29(23(30)26-33)18-6-8-20(22(10-18)32-4)28-12-16(2)25-14-28/h5-14,33H,1-4H3,(H,26,30). The molecule has 4 rings (SSSR count). The Morgan fingerprint density at radius 2 is 1.33 bits per heavy atom. The lowest BCUT2D eigenvalue weighted by atomic mass is 10.2. The minimum absolute atomic E-state index is 0.431. The minimum atomic E-state index is -0.431. The number of urea groups is 1. The number of ether oxygens (including phenoxy) is 2. The van der Waals surface area contributed by atoms with Gasteiger partial charge < -0.3 is 18.6 Å². The van der Waals surface area contributed by atoms with E-state index in [4.69, 9.17) is 9.47 Å². The highest BCUT2D eigenvalue weighted by Gasteiger charge is 2.21. The summed E-state index contributed by atoms with van der Waals surface area (Å²) in [5, 5.41) is 0. The molecule has 170 valence electrons. The lowest BCUT2D eigenvalue weighted by Crippen LogP contribution is -2.32. The maximum absolute atomic E-state index is 12.9. The fourth-order valence-electron chi connectivity index (χ4n) is 3.58. The fraction of sp³-hybridized carbons (Fsp3) is 0.174. The van der Waals surface area contributed by atoms with Gasteiger partial charge in [-0.3, -0.25) is 9.62 Å². The summed E-state index contributed by atoms with van der Waals surface area (Å²) < 4.78 is 17.4. The quantitative estimate of drug-likeness (QED) is 0.414. The summed E-state index contributed by atoms with van der Waals surface area (Å²) in [4.78, 5) is 22.9. The number of methoxy groups -OCH3 is 2. The molecule has 0 saturated carbocycles. The summed E-state index contributed by atoms with van der Waals surface area (Å²) in [5.74, 6) is 1.17. The van der Waals surface area contributed by atoms with Crippen molar-refractivity contribution >= 4 is 30.2 Å². The van der Waals surface area contributed by atoms with Crippen LogP contribution in [0.25, 0.3) is 11.4 Å².